The molecule has 1 aliphatic heterocycles. The van der Waals surface area contributed by atoms with Crippen LogP contribution in [0.25, 0.3) is 0 Å². The van der Waals surface area contributed by atoms with Gasteiger partial charge in [0.2, 0.25) is 0 Å². The number of aromatic hydroxyl groups is 1. The molecule has 0 unspecified atom stereocenters. The molecule has 1 heterocycles. The van der Waals surface area contributed by atoms with Gasteiger partial charge in [-0.25, -0.2) is 0 Å². The van der Waals surface area contributed by atoms with E-state index in [1.165, 1.54) is 0 Å². The van der Waals surface area contributed by atoms with Gasteiger partial charge in [0.1, 0.15) is 5.75 Å². The highest BCUT2D eigenvalue weighted by molar-refractivity contribution is 5.98. The molecule has 3 rings (SSSR count). The van der Waals surface area contributed by atoms with Crippen molar-refractivity contribution in [3.63, 3.8) is 0 Å². The number of esters is 1. The van der Waals surface area contributed by atoms with Crippen molar-refractivity contribution in [3.8, 4) is 5.75 Å². The summed E-state index contributed by atoms with van der Waals surface area (Å²) in [5.74, 6) is 0.486. The molecule has 2 aliphatic rings. The zero-order chi connectivity index (χ0) is 18.9. The quantitative estimate of drug-likeness (QED) is 0.832. The lowest BCUT2D eigenvalue weighted by molar-refractivity contribution is -0.152. The average molecular weight is 359 g/mol. The normalized spacial score (nSPS) is 23.0. The highest BCUT2D eigenvalue weighted by atomic mass is 16.5. The molecule has 0 atom stereocenters. The smallest absolute Gasteiger partial charge is 0.308 e. The van der Waals surface area contributed by atoms with E-state index in [4.69, 9.17) is 4.74 Å². The number of benzene rings is 1. The Balaban J connectivity index is 1.48. The molecule has 1 aliphatic carbocycles. The molecule has 0 aromatic heterocycles. The van der Waals surface area contributed by atoms with E-state index in [-0.39, 0.29) is 29.0 Å². The maximum absolute atomic E-state index is 12.5. The topological polar surface area (TPSA) is 66.8 Å². The van der Waals surface area contributed by atoms with Crippen LogP contribution < -0.4 is 0 Å². The first-order valence-electron chi connectivity index (χ1n) is 9.51. The maximum atomic E-state index is 12.5. The number of carbonyl (C=O) groups excluding carboxylic acids is 2. The molecule has 1 amide bonds. The fraction of sp³-hybridized carbons (Fsp3) is 0.619. The molecule has 1 aromatic rings. The Bertz CT molecular complexity index is 684. The minimum atomic E-state index is -0.0708. The number of hydrogen-bond acceptors (Lipinski definition) is 4. The van der Waals surface area contributed by atoms with Crippen molar-refractivity contribution in [2.24, 2.45) is 17.3 Å². The van der Waals surface area contributed by atoms with Gasteiger partial charge in [-0.1, -0.05) is 26.8 Å². The largest absolute Gasteiger partial charge is 0.508 e. The summed E-state index contributed by atoms with van der Waals surface area (Å²) < 4.78 is 5.46. The van der Waals surface area contributed by atoms with E-state index in [0.29, 0.717) is 24.6 Å². The zero-order valence-corrected chi connectivity index (χ0v) is 16.0. The number of nitrogens with zero attached hydrogens (tertiary/aromatic N) is 1. The number of phenols is 1. The van der Waals surface area contributed by atoms with Gasteiger partial charge < -0.3 is 14.7 Å². The third-order valence-corrected chi connectivity index (χ3v) is 5.28. The molecule has 1 aromatic carbocycles. The van der Waals surface area contributed by atoms with E-state index in [0.717, 1.165) is 37.8 Å². The van der Waals surface area contributed by atoms with Crippen molar-refractivity contribution in [3.05, 3.63) is 29.3 Å². The molecule has 5 heteroatoms. The molecule has 5 nitrogen and oxygen atoms in total. The van der Waals surface area contributed by atoms with Gasteiger partial charge in [-0.3, -0.25) is 9.59 Å². The van der Waals surface area contributed by atoms with Crippen LogP contribution in [-0.2, 0) is 16.1 Å². The number of rotatable bonds is 4. The first-order valence-corrected chi connectivity index (χ1v) is 9.51. The third-order valence-electron chi connectivity index (χ3n) is 5.28. The van der Waals surface area contributed by atoms with Crippen molar-refractivity contribution < 1.29 is 19.4 Å². The summed E-state index contributed by atoms with van der Waals surface area (Å²) in [6.07, 6.45) is 3.56. The van der Waals surface area contributed by atoms with Crippen molar-refractivity contribution in [2.75, 3.05) is 13.2 Å². The van der Waals surface area contributed by atoms with E-state index in [2.05, 4.69) is 20.8 Å². The zero-order valence-electron chi connectivity index (χ0n) is 16.0. The summed E-state index contributed by atoms with van der Waals surface area (Å²) in [6, 6.07) is 5.01. The Morgan fingerprint density at radius 2 is 1.92 bits per heavy atom. The summed E-state index contributed by atoms with van der Waals surface area (Å²) in [4.78, 5) is 26.6. The van der Waals surface area contributed by atoms with Gasteiger partial charge in [0.05, 0.1) is 12.5 Å². The van der Waals surface area contributed by atoms with Gasteiger partial charge in [-0.05, 0) is 54.7 Å². The SMILES string of the molecule is CC(C)(C)COC(=O)C1CCC(CN2Cc3ccc(O)cc3C2=O)CC1. The summed E-state index contributed by atoms with van der Waals surface area (Å²) in [7, 11) is 0. The van der Waals surface area contributed by atoms with Crippen LogP contribution in [-0.4, -0.2) is 35.0 Å². The number of carbonyl (C=O) groups is 2. The van der Waals surface area contributed by atoms with Crippen molar-refractivity contribution in [1.29, 1.82) is 0 Å². The molecule has 0 saturated heterocycles. The average Bonchev–Trinajstić information content (AvgIpc) is 2.88. The molecule has 0 radical (unpaired) electrons. The molecule has 0 spiro atoms. The van der Waals surface area contributed by atoms with Gasteiger partial charge in [0, 0.05) is 18.7 Å². The minimum Gasteiger partial charge on any atom is -0.508 e. The Morgan fingerprint density at radius 1 is 1.23 bits per heavy atom. The fourth-order valence-corrected chi connectivity index (χ4v) is 3.79. The number of fused-ring (bicyclic) bond motifs is 1. The third kappa shape index (κ3) is 4.37. The van der Waals surface area contributed by atoms with Gasteiger partial charge >= 0.3 is 5.97 Å². The second kappa shape index (κ2) is 7.29. The lowest BCUT2D eigenvalue weighted by atomic mass is 9.81. The summed E-state index contributed by atoms with van der Waals surface area (Å²) in [5, 5.41) is 9.58. The highest BCUT2D eigenvalue weighted by Crippen LogP contribution is 2.33. The van der Waals surface area contributed by atoms with Crippen LogP contribution in [0.2, 0.25) is 0 Å². The number of phenolic OH excluding ortho intramolecular Hbond substituents is 1. The first-order chi connectivity index (χ1) is 12.2. The Labute approximate surface area is 155 Å². The lowest BCUT2D eigenvalue weighted by Crippen LogP contribution is -2.33. The molecule has 1 N–H and O–H groups in total. The van der Waals surface area contributed by atoms with E-state index in [9.17, 15) is 14.7 Å². The lowest BCUT2D eigenvalue weighted by Gasteiger charge is -2.30. The highest BCUT2D eigenvalue weighted by Gasteiger charge is 2.33. The molecule has 26 heavy (non-hydrogen) atoms. The van der Waals surface area contributed by atoms with E-state index >= 15 is 0 Å². The fourth-order valence-electron chi connectivity index (χ4n) is 3.79. The second-order valence-corrected chi connectivity index (χ2v) is 8.91. The summed E-state index contributed by atoms with van der Waals surface area (Å²) in [5.41, 5.74) is 1.59. The second-order valence-electron chi connectivity index (χ2n) is 8.91. The van der Waals surface area contributed by atoms with Crippen molar-refractivity contribution in [2.45, 2.75) is 53.0 Å². The standard InChI is InChI=1S/C21H29NO4/c1-21(2,3)13-26-20(25)15-6-4-14(5-7-15)11-22-12-16-8-9-17(23)10-18(16)19(22)24/h8-10,14-15,23H,4-7,11-13H2,1-3H3. The number of amides is 1. The van der Waals surface area contributed by atoms with E-state index in [1.54, 1.807) is 12.1 Å². The molecular weight excluding hydrogens is 330 g/mol. The van der Waals surface area contributed by atoms with Gasteiger partial charge in [0.15, 0.2) is 0 Å². The number of hydrogen-bond donors (Lipinski definition) is 1. The van der Waals surface area contributed by atoms with Crippen molar-refractivity contribution >= 4 is 11.9 Å². The minimum absolute atomic E-state index is 0.00242. The van der Waals surface area contributed by atoms with Crippen LogP contribution in [0.1, 0.15) is 62.4 Å². The predicted octanol–water partition coefficient (Wildman–Crippen LogP) is 3.74. The Kier molecular flexibility index (Phi) is 5.26. The van der Waals surface area contributed by atoms with Gasteiger partial charge in [-0.15, -0.1) is 0 Å². The van der Waals surface area contributed by atoms with Crippen LogP contribution >= 0.6 is 0 Å². The van der Waals surface area contributed by atoms with E-state index < -0.39 is 0 Å². The van der Waals surface area contributed by atoms with Crippen molar-refractivity contribution in [1.82, 2.24) is 4.90 Å². The molecule has 1 saturated carbocycles. The molecule has 142 valence electrons. The first kappa shape index (κ1) is 18.7. The van der Waals surface area contributed by atoms with Crippen LogP contribution in [0.15, 0.2) is 18.2 Å². The molecule has 1 fully saturated rings. The van der Waals surface area contributed by atoms with Crippen LogP contribution in [0.4, 0.5) is 0 Å². The Hall–Kier alpha value is -2.04. The number of ether oxygens (including phenoxy) is 1. The predicted molar refractivity (Wildman–Crippen MR) is 98.7 cm³/mol. The molecule has 0 bridgehead atoms. The van der Waals surface area contributed by atoms with E-state index in [1.807, 2.05) is 11.0 Å². The van der Waals surface area contributed by atoms with Crippen LogP contribution in [0, 0.1) is 17.3 Å². The van der Waals surface area contributed by atoms with Crippen LogP contribution in [0.3, 0.4) is 0 Å². The van der Waals surface area contributed by atoms with Gasteiger partial charge in [-0.2, -0.15) is 0 Å². The maximum Gasteiger partial charge on any atom is 0.308 e. The summed E-state index contributed by atoms with van der Waals surface area (Å²) in [6.45, 7) is 7.96. The summed E-state index contributed by atoms with van der Waals surface area (Å²) >= 11 is 0. The van der Waals surface area contributed by atoms with Gasteiger partial charge in [0.25, 0.3) is 5.91 Å². The van der Waals surface area contributed by atoms with Crippen LogP contribution in [0.5, 0.6) is 5.75 Å². The monoisotopic (exact) mass is 359 g/mol. The Morgan fingerprint density at radius 3 is 2.58 bits per heavy atom. The molecular formula is C21H29NO4.